The molecule has 0 aromatic heterocycles. The van der Waals surface area contributed by atoms with Crippen LogP contribution in [0.3, 0.4) is 0 Å². The second-order valence-corrected chi connectivity index (χ2v) is 5.76. The van der Waals surface area contributed by atoms with Crippen LogP contribution in [-0.2, 0) is 11.3 Å². The topological polar surface area (TPSA) is 54.9 Å². The fourth-order valence-electron chi connectivity index (χ4n) is 2.02. The molecule has 0 unspecified atom stereocenters. The monoisotopic (exact) mass is 449 g/mol. The molecule has 0 spiro atoms. The Balaban J connectivity index is 0.00000529. The molecule has 24 heavy (non-hydrogen) atoms. The van der Waals surface area contributed by atoms with E-state index in [1.807, 2.05) is 25.1 Å². The number of nitrogens with one attached hydrogen (secondary N) is 2. The number of guanidine groups is 1. The number of ether oxygens (including phenoxy) is 2. The van der Waals surface area contributed by atoms with E-state index in [9.17, 15) is 0 Å². The highest BCUT2D eigenvalue weighted by Crippen LogP contribution is 2.12. The smallest absolute Gasteiger partial charge is 0.191 e. The molecule has 0 aliphatic rings. The van der Waals surface area contributed by atoms with Gasteiger partial charge in [0.15, 0.2) is 5.96 Å². The Bertz CT molecular complexity index is 467. The standard InChI is InChI=1S/C18H31N3O2.HI/c1-5-23-17-9-6-8-16(12-17)13-21-18(19-4)20-10-7-11-22-14-15(2)3;/h6,8-9,12,15H,5,7,10-11,13-14H2,1-4H3,(H2,19,20,21);1H. The van der Waals surface area contributed by atoms with Crippen LogP contribution in [-0.4, -0.2) is 39.4 Å². The summed E-state index contributed by atoms with van der Waals surface area (Å²) in [4.78, 5) is 4.23. The molecular weight excluding hydrogens is 417 g/mol. The van der Waals surface area contributed by atoms with Crippen molar-refractivity contribution >= 4 is 29.9 Å². The van der Waals surface area contributed by atoms with Crippen LogP contribution < -0.4 is 15.4 Å². The fraction of sp³-hybridized carbons (Fsp3) is 0.611. The Labute approximate surface area is 163 Å². The molecule has 1 aromatic carbocycles. The van der Waals surface area contributed by atoms with Crippen LogP contribution >= 0.6 is 24.0 Å². The van der Waals surface area contributed by atoms with E-state index >= 15 is 0 Å². The summed E-state index contributed by atoms with van der Waals surface area (Å²) in [7, 11) is 1.78. The summed E-state index contributed by atoms with van der Waals surface area (Å²) in [5.74, 6) is 2.29. The molecule has 0 atom stereocenters. The van der Waals surface area contributed by atoms with Crippen molar-refractivity contribution < 1.29 is 9.47 Å². The first kappa shape index (κ1) is 23.0. The van der Waals surface area contributed by atoms with Gasteiger partial charge in [0, 0.05) is 33.4 Å². The van der Waals surface area contributed by atoms with Crippen LogP contribution in [0.5, 0.6) is 5.75 Å². The van der Waals surface area contributed by atoms with E-state index in [1.54, 1.807) is 7.05 Å². The molecule has 0 radical (unpaired) electrons. The maximum atomic E-state index is 5.56. The van der Waals surface area contributed by atoms with Gasteiger partial charge in [-0.3, -0.25) is 4.99 Å². The molecule has 0 heterocycles. The quantitative estimate of drug-likeness (QED) is 0.249. The molecule has 1 aromatic rings. The summed E-state index contributed by atoms with van der Waals surface area (Å²) >= 11 is 0. The lowest BCUT2D eigenvalue weighted by atomic mass is 10.2. The minimum atomic E-state index is 0. The van der Waals surface area contributed by atoms with E-state index in [2.05, 4.69) is 35.5 Å². The van der Waals surface area contributed by atoms with Crippen molar-refractivity contribution in [2.45, 2.75) is 33.7 Å². The molecular formula is C18H32IN3O2. The molecule has 138 valence electrons. The van der Waals surface area contributed by atoms with Gasteiger partial charge in [0.2, 0.25) is 0 Å². The first-order chi connectivity index (χ1) is 11.2. The summed E-state index contributed by atoms with van der Waals surface area (Å²) in [6.07, 6.45) is 0.966. The molecule has 0 fully saturated rings. The van der Waals surface area contributed by atoms with Crippen molar-refractivity contribution in [1.82, 2.24) is 10.6 Å². The summed E-state index contributed by atoms with van der Waals surface area (Å²) < 4.78 is 11.1. The predicted octanol–water partition coefficient (Wildman–Crippen LogP) is 3.43. The zero-order valence-electron chi connectivity index (χ0n) is 15.3. The summed E-state index contributed by atoms with van der Waals surface area (Å²) in [6.45, 7) is 10.1. The zero-order chi connectivity index (χ0) is 16.9. The fourth-order valence-corrected chi connectivity index (χ4v) is 2.02. The summed E-state index contributed by atoms with van der Waals surface area (Å²) in [6, 6.07) is 8.09. The van der Waals surface area contributed by atoms with E-state index in [1.165, 1.54) is 5.56 Å². The zero-order valence-corrected chi connectivity index (χ0v) is 17.6. The predicted molar refractivity (Wildman–Crippen MR) is 112 cm³/mol. The van der Waals surface area contributed by atoms with E-state index in [0.717, 1.165) is 37.9 Å². The van der Waals surface area contributed by atoms with E-state index in [0.29, 0.717) is 19.1 Å². The van der Waals surface area contributed by atoms with E-state index in [4.69, 9.17) is 9.47 Å². The molecule has 2 N–H and O–H groups in total. The van der Waals surface area contributed by atoms with Gasteiger partial charge in [-0.05, 0) is 37.0 Å². The SMILES string of the molecule is CCOc1cccc(CNC(=NC)NCCCOCC(C)C)c1.I. The lowest BCUT2D eigenvalue weighted by Gasteiger charge is -2.13. The summed E-state index contributed by atoms with van der Waals surface area (Å²) in [5.41, 5.74) is 1.17. The minimum Gasteiger partial charge on any atom is -0.494 e. The highest BCUT2D eigenvalue weighted by Gasteiger charge is 2.00. The van der Waals surface area contributed by atoms with Gasteiger partial charge in [0.1, 0.15) is 5.75 Å². The molecule has 1 rings (SSSR count). The second-order valence-electron chi connectivity index (χ2n) is 5.76. The van der Waals surface area contributed by atoms with Gasteiger partial charge in [0.25, 0.3) is 0 Å². The van der Waals surface area contributed by atoms with Crippen molar-refractivity contribution in [3.05, 3.63) is 29.8 Å². The Morgan fingerprint density at radius 2 is 2.04 bits per heavy atom. The lowest BCUT2D eigenvalue weighted by Crippen LogP contribution is -2.37. The molecule has 5 nitrogen and oxygen atoms in total. The van der Waals surface area contributed by atoms with Gasteiger partial charge in [0.05, 0.1) is 6.61 Å². The molecule has 0 bridgehead atoms. The van der Waals surface area contributed by atoms with Crippen molar-refractivity contribution in [2.75, 3.05) is 33.4 Å². The average Bonchev–Trinajstić information content (AvgIpc) is 2.54. The molecule has 0 saturated heterocycles. The Morgan fingerprint density at radius 3 is 2.71 bits per heavy atom. The lowest BCUT2D eigenvalue weighted by molar-refractivity contribution is 0.108. The average molecular weight is 449 g/mol. The van der Waals surface area contributed by atoms with Crippen molar-refractivity contribution in [2.24, 2.45) is 10.9 Å². The van der Waals surface area contributed by atoms with Gasteiger partial charge in [-0.15, -0.1) is 24.0 Å². The maximum absolute atomic E-state index is 5.56. The van der Waals surface area contributed by atoms with Gasteiger partial charge in [-0.25, -0.2) is 0 Å². The van der Waals surface area contributed by atoms with Crippen LogP contribution in [0.2, 0.25) is 0 Å². The first-order valence-electron chi connectivity index (χ1n) is 8.39. The van der Waals surface area contributed by atoms with Gasteiger partial charge < -0.3 is 20.1 Å². The Morgan fingerprint density at radius 1 is 1.25 bits per heavy atom. The number of benzene rings is 1. The molecule has 0 aliphatic heterocycles. The van der Waals surface area contributed by atoms with Gasteiger partial charge in [-0.2, -0.15) is 0 Å². The van der Waals surface area contributed by atoms with Crippen molar-refractivity contribution in [1.29, 1.82) is 0 Å². The maximum Gasteiger partial charge on any atom is 0.191 e. The van der Waals surface area contributed by atoms with Gasteiger partial charge >= 0.3 is 0 Å². The third-order valence-electron chi connectivity index (χ3n) is 3.10. The number of hydrogen-bond donors (Lipinski definition) is 2. The second kappa shape index (κ2) is 14.3. The van der Waals surface area contributed by atoms with Gasteiger partial charge in [-0.1, -0.05) is 26.0 Å². The number of rotatable bonds is 10. The van der Waals surface area contributed by atoms with Crippen LogP contribution in [0.4, 0.5) is 0 Å². The number of halogens is 1. The van der Waals surface area contributed by atoms with Crippen LogP contribution in [0.25, 0.3) is 0 Å². The highest BCUT2D eigenvalue weighted by atomic mass is 127. The normalized spacial score (nSPS) is 11.1. The first-order valence-corrected chi connectivity index (χ1v) is 8.39. The van der Waals surface area contributed by atoms with Crippen molar-refractivity contribution in [3.8, 4) is 5.75 Å². The molecule has 0 aliphatic carbocycles. The molecule has 0 amide bonds. The molecule has 0 saturated carbocycles. The Kier molecular flexibility index (Phi) is 13.7. The summed E-state index contributed by atoms with van der Waals surface area (Å²) in [5, 5.41) is 6.60. The third-order valence-corrected chi connectivity index (χ3v) is 3.10. The van der Waals surface area contributed by atoms with E-state index < -0.39 is 0 Å². The minimum absolute atomic E-state index is 0. The van der Waals surface area contributed by atoms with Crippen LogP contribution in [0.1, 0.15) is 32.8 Å². The number of aliphatic imine (C=N–C) groups is 1. The molecule has 6 heteroatoms. The van der Waals surface area contributed by atoms with Crippen LogP contribution in [0.15, 0.2) is 29.3 Å². The van der Waals surface area contributed by atoms with Crippen molar-refractivity contribution in [3.63, 3.8) is 0 Å². The van der Waals surface area contributed by atoms with E-state index in [-0.39, 0.29) is 24.0 Å². The third kappa shape index (κ3) is 10.7. The Hall–Kier alpha value is -1.02. The number of hydrogen-bond acceptors (Lipinski definition) is 3. The van der Waals surface area contributed by atoms with Crippen LogP contribution in [0, 0.1) is 5.92 Å². The highest BCUT2D eigenvalue weighted by molar-refractivity contribution is 14.0. The number of nitrogens with zero attached hydrogens (tertiary/aromatic N) is 1. The largest absolute Gasteiger partial charge is 0.494 e.